The highest BCUT2D eigenvalue weighted by Crippen LogP contribution is 2.55. The van der Waals surface area contributed by atoms with Gasteiger partial charge in [-0.25, -0.2) is 0 Å². The van der Waals surface area contributed by atoms with Gasteiger partial charge in [0.05, 0.1) is 5.41 Å². The average molecular weight is 421 g/mol. The van der Waals surface area contributed by atoms with Crippen molar-refractivity contribution in [1.29, 1.82) is 0 Å². The second-order valence-electron chi connectivity index (χ2n) is 10.7. The molecule has 3 unspecified atom stereocenters. The van der Waals surface area contributed by atoms with Gasteiger partial charge in [-0.3, -0.25) is 4.79 Å². The summed E-state index contributed by atoms with van der Waals surface area (Å²) in [6.45, 7) is 2.29. The summed E-state index contributed by atoms with van der Waals surface area (Å²) in [7, 11) is 0. The zero-order chi connectivity index (χ0) is 21.5. The van der Waals surface area contributed by atoms with Crippen LogP contribution in [0.4, 0.5) is 0 Å². The van der Waals surface area contributed by atoms with Crippen molar-refractivity contribution in [2.45, 2.75) is 155 Å². The quantitative estimate of drug-likeness (QED) is 0.224. The lowest BCUT2D eigenvalue weighted by atomic mass is 9.67. The molecule has 0 heterocycles. The lowest BCUT2D eigenvalue weighted by molar-refractivity contribution is -0.153. The number of aliphatic carboxylic acids is 1. The van der Waals surface area contributed by atoms with Gasteiger partial charge in [-0.1, -0.05) is 129 Å². The summed E-state index contributed by atoms with van der Waals surface area (Å²) < 4.78 is 0. The van der Waals surface area contributed by atoms with Gasteiger partial charge in [0.15, 0.2) is 0 Å². The zero-order valence-corrected chi connectivity index (χ0v) is 20.3. The molecule has 2 aliphatic carbocycles. The van der Waals surface area contributed by atoms with E-state index in [2.05, 4.69) is 6.92 Å². The topological polar surface area (TPSA) is 37.3 Å². The molecule has 0 aromatic rings. The largest absolute Gasteiger partial charge is 0.481 e. The van der Waals surface area contributed by atoms with Crippen LogP contribution in [0.5, 0.6) is 0 Å². The summed E-state index contributed by atoms with van der Waals surface area (Å²) in [4.78, 5) is 12.2. The Balaban J connectivity index is 1.41. The van der Waals surface area contributed by atoms with Crippen molar-refractivity contribution in [1.82, 2.24) is 0 Å². The Kier molecular flexibility index (Phi) is 13.1. The average Bonchev–Trinajstić information content (AvgIpc) is 3.13. The van der Waals surface area contributed by atoms with Gasteiger partial charge in [0.1, 0.15) is 0 Å². The number of fused-ring (bicyclic) bond motifs is 1. The fraction of sp³-hybridized carbons (Fsp3) is 0.964. The molecule has 2 aliphatic rings. The van der Waals surface area contributed by atoms with Gasteiger partial charge in [0.2, 0.25) is 0 Å². The van der Waals surface area contributed by atoms with Gasteiger partial charge in [0, 0.05) is 0 Å². The highest BCUT2D eigenvalue weighted by atomic mass is 16.4. The standard InChI is InChI=1S/C28H52O2/c1-2-3-4-5-6-7-8-9-10-11-12-13-14-15-16-19-23-28(27(29)30)24-22-25-20-17-18-21-26(25)28/h25-26H,2-24H2,1H3,(H,29,30). The Labute approximate surface area is 188 Å². The highest BCUT2D eigenvalue weighted by Gasteiger charge is 2.53. The van der Waals surface area contributed by atoms with Gasteiger partial charge >= 0.3 is 5.97 Å². The molecule has 2 fully saturated rings. The van der Waals surface area contributed by atoms with Crippen LogP contribution in [0.1, 0.15) is 155 Å². The summed E-state index contributed by atoms with van der Waals surface area (Å²) >= 11 is 0. The van der Waals surface area contributed by atoms with E-state index < -0.39 is 5.97 Å². The maximum atomic E-state index is 12.2. The molecule has 0 saturated heterocycles. The number of hydrogen-bond donors (Lipinski definition) is 1. The van der Waals surface area contributed by atoms with Crippen molar-refractivity contribution in [3.63, 3.8) is 0 Å². The second kappa shape index (κ2) is 15.3. The molecule has 2 nitrogen and oxygen atoms in total. The van der Waals surface area contributed by atoms with E-state index in [9.17, 15) is 9.90 Å². The number of carboxylic acids is 1. The van der Waals surface area contributed by atoms with Gasteiger partial charge in [0.25, 0.3) is 0 Å². The first-order valence-corrected chi connectivity index (χ1v) is 13.9. The predicted octanol–water partition coefficient (Wildman–Crippen LogP) is 9.31. The molecule has 0 spiro atoms. The highest BCUT2D eigenvalue weighted by molar-refractivity contribution is 5.75. The predicted molar refractivity (Wildman–Crippen MR) is 129 cm³/mol. The molecule has 0 amide bonds. The molecule has 0 radical (unpaired) electrons. The number of carboxylic acid groups (broad SMARTS) is 1. The maximum absolute atomic E-state index is 12.2. The van der Waals surface area contributed by atoms with Crippen molar-refractivity contribution < 1.29 is 9.90 Å². The van der Waals surface area contributed by atoms with Gasteiger partial charge in [-0.05, 0) is 37.5 Å². The zero-order valence-electron chi connectivity index (χ0n) is 20.3. The van der Waals surface area contributed by atoms with Crippen LogP contribution < -0.4 is 0 Å². The summed E-state index contributed by atoms with van der Waals surface area (Å²) in [6.07, 6.45) is 30.2. The van der Waals surface area contributed by atoms with E-state index in [0.717, 1.165) is 25.2 Å². The van der Waals surface area contributed by atoms with E-state index in [-0.39, 0.29) is 5.41 Å². The molecule has 1 N–H and O–H groups in total. The van der Waals surface area contributed by atoms with E-state index in [4.69, 9.17) is 0 Å². The van der Waals surface area contributed by atoms with Gasteiger partial charge < -0.3 is 5.11 Å². The molecule has 2 heteroatoms. The summed E-state index contributed by atoms with van der Waals surface area (Å²) in [5.74, 6) is 0.730. The molecule has 2 saturated carbocycles. The molecule has 0 aromatic heterocycles. The Hall–Kier alpha value is -0.530. The van der Waals surface area contributed by atoms with Crippen LogP contribution in [0.25, 0.3) is 0 Å². The Morgan fingerprint density at radius 2 is 1.17 bits per heavy atom. The normalized spacial score (nSPS) is 26.0. The van der Waals surface area contributed by atoms with E-state index in [1.807, 2.05) is 0 Å². The third-order valence-electron chi connectivity index (χ3n) is 8.48. The molecule has 0 aromatic carbocycles. The van der Waals surface area contributed by atoms with Crippen LogP contribution in [0.3, 0.4) is 0 Å². The van der Waals surface area contributed by atoms with Crippen LogP contribution in [-0.4, -0.2) is 11.1 Å². The van der Waals surface area contributed by atoms with Crippen LogP contribution in [0.2, 0.25) is 0 Å². The third kappa shape index (κ3) is 8.54. The summed E-state index contributed by atoms with van der Waals surface area (Å²) in [5, 5.41) is 10.0. The number of carbonyl (C=O) groups is 1. The molecule has 2 rings (SSSR count). The lowest BCUT2D eigenvalue weighted by Gasteiger charge is -2.36. The minimum Gasteiger partial charge on any atom is -0.481 e. The van der Waals surface area contributed by atoms with Crippen LogP contribution in [-0.2, 0) is 4.79 Å². The molecule has 30 heavy (non-hydrogen) atoms. The van der Waals surface area contributed by atoms with Crippen LogP contribution in [0.15, 0.2) is 0 Å². The molecule has 176 valence electrons. The first-order valence-electron chi connectivity index (χ1n) is 13.9. The second-order valence-corrected chi connectivity index (χ2v) is 10.7. The Morgan fingerprint density at radius 1 is 0.700 bits per heavy atom. The monoisotopic (exact) mass is 420 g/mol. The van der Waals surface area contributed by atoms with Gasteiger partial charge in [-0.15, -0.1) is 0 Å². The Morgan fingerprint density at radius 3 is 1.67 bits per heavy atom. The SMILES string of the molecule is CCCCCCCCCCCCCCCCCCC1(C(=O)O)CCC2CCCCC21. The van der Waals surface area contributed by atoms with E-state index in [1.54, 1.807) is 0 Å². The molecule has 0 bridgehead atoms. The fourth-order valence-corrected chi connectivity index (χ4v) is 6.58. The molecule has 3 atom stereocenters. The summed E-state index contributed by atoms with van der Waals surface area (Å²) in [6, 6.07) is 0. The molecular weight excluding hydrogens is 368 g/mol. The van der Waals surface area contributed by atoms with Crippen molar-refractivity contribution in [3.05, 3.63) is 0 Å². The minimum atomic E-state index is -0.474. The van der Waals surface area contributed by atoms with Crippen molar-refractivity contribution in [2.75, 3.05) is 0 Å². The minimum absolute atomic E-state index is 0.360. The van der Waals surface area contributed by atoms with E-state index >= 15 is 0 Å². The van der Waals surface area contributed by atoms with Crippen LogP contribution in [0, 0.1) is 17.3 Å². The van der Waals surface area contributed by atoms with Gasteiger partial charge in [-0.2, -0.15) is 0 Å². The number of unbranched alkanes of at least 4 members (excludes halogenated alkanes) is 15. The molecular formula is C28H52O2. The van der Waals surface area contributed by atoms with Crippen LogP contribution >= 0.6 is 0 Å². The van der Waals surface area contributed by atoms with Crippen molar-refractivity contribution in [3.8, 4) is 0 Å². The van der Waals surface area contributed by atoms with E-state index in [1.165, 1.54) is 128 Å². The van der Waals surface area contributed by atoms with Crippen molar-refractivity contribution in [2.24, 2.45) is 17.3 Å². The first kappa shape index (κ1) is 25.7. The first-order chi connectivity index (χ1) is 14.7. The number of rotatable bonds is 18. The van der Waals surface area contributed by atoms with E-state index in [0.29, 0.717) is 5.92 Å². The smallest absolute Gasteiger partial charge is 0.309 e. The maximum Gasteiger partial charge on any atom is 0.309 e. The fourth-order valence-electron chi connectivity index (χ4n) is 6.58. The summed E-state index contributed by atoms with van der Waals surface area (Å²) in [5.41, 5.74) is -0.360. The number of hydrogen-bond acceptors (Lipinski definition) is 1. The Bertz CT molecular complexity index is 446. The lowest BCUT2D eigenvalue weighted by Crippen LogP contribution is -2.37. The third-order valence-corrected chi connectivity index (χ3v) is 8.48. The van der Waals surface area contributed by atoms with Crippen molar-refractivity contribution >= 4 is 5.97 Å². The molecule has 0 aliphatic heterocycles.